The molecular weight excluding hydrogens is 189 g/mol. The molecule has 2 aliphatic rings. The van der Waals surface area contributed by atoms with Gasteiger partial charge < -0.3 is 5.32 Å². The van der Waals surface area contributed by atoms with E-state index in [1.807, 2.05) is 13.1 Å². The monoisotopic (exact) mass is 205 g/mol. The summed E-state index contributed by atoms with van der Waals surface area (Å²) in [6.07, 6.45) is 4.67. The van der Waals surface area contributed by atoms with Crippen LogP contribution >= 0.6 is 0 Å². The van der Waals surface area contributed by atoms with E-state index in [0.717, 1.165) is 12.0 Å². The van der Waals surface area contributed by atoms with Crippen LogP contribution in [0.25, 0.3) is 0 Å². The fraction of sp³-hybridized carbons (Fsp3) is 0.538. The number of benzene rings is 1. The molecule has 0 heterocycles. The summed E-state index contributed by atoms with van der Waals surface area (Å²) < 4.78 is 13.9. The highest BCUT2D eigenvalue weighted by Crippen LogP contribution is 2.56. The molecule has 2 heteroatoms. The second-order valence-electron chi connectivity index (χ2n) is 4.88. The van der Waals surface area contributed by atoms with Crippen molar-refractivity contribution in [3.8, 4) is 0 Å². The van der Waals surface area contributed by atoms with Crippen molar-refractivity contribution in [1.29, 1.82) is 0 Å². The van der Waals surface area contributed by atoms with Crippen LogP contribution in [0.2, 0.25) is 0 Å². The molecule has 3 rings (SSSR count). The average molecular weight is 205 g/mol. The minimum Gasteiger partial charge on any atom is -0.313 e. The highest BCUT2D eigenvalue weighted by atomic mass is 19.1. The Hall–Kier alpha value is -0.890. The number of hydrogen-bond acceptors (Lipinski definition) is 1. The molecule has 1 spiro atoms. The van der Waals surface area contributed by atoms with Gasteiger partial charge in [0.25, 0.3) is 0 Å². The number of rotatable bonds is 1. The molecule has 80 valence electrons. The lowest BCUT2D eigenvalue weighted by Crippen LogP contribution is -2.33. The zero-order chi connectivity index (χ0) is 10.5. The Balaban J connectivity index is 2.15. The van der Waals surface area contributed by atoms with Gasteiger partial charge >= 0.3 is 0 Å². The summed E-state index contributed by atoms with van der Waals surface area (Å²) in [5.41, 5.74) is 2.38. The topological polar surface area (TPSA) is 12.0 Å². The first-order valence-corrected chi connectivity index (χ1v) is 5.73. The summed E-state index contributed by atoms with van der Waals surface area (Å²) in [6, 6.07) is 5.87. The summed E-state index contributed by atoms with van der Waals surface area (Å²) in [6.45, 7) is 0. The quantitative estimate of drug-likeness (QED) is 0.743. The molecule has 0 amide bonds. The number of nitrogens with one attached hydrogen (secondary N) is 1. The van der Waals surface area contributed by atoms with E-state index in [2.05, 4.69) is 11.4 Å². The minimum absolute atomic E-state index is 0.00458. The Bertz CT molecular complexity index is 396. The summed E-state index contributed by atoms with van der Waals surface area (Å²) in [7, 11) is 1.97. The van der Waals surface area contributed by atoms with E-state index in [4.69, 9.17) is 0 Å². The molecule has 15 heavy (non-hydrogen) atoms. The number of fused-ring (bicyclic) bond motifs is 2. The summed E-state index contributed by atoms with van der Waals surface area (Å²) in [5, 5.41) is 3.30. The largest absolute Gasteiger partial charge is 0.313 e. The van der Waals surface area contributed by atoms with Crippen molar-refractivity contribution in [3.05, 3.63) is 35.1 Å². The standard InChI is InChI=1S/C13H16FN/c1-15-11-8-13(6-3-7-13)12-9(11)4-2-5-10(12)14/h2,4-5,11,15H,3,6-8H2,1H3. The summed E-state index contributed by atoms with van der Waals surface area (Å²) in [4.78, 5) is 0. The lowest BCUT2D eigenvalue weighted by atomic mass is 9.65. The molecular formula is C13H16FN. The second-order valence-corrected chi connectivity index (χ2v) is 4.88. The van der Waals surface area contributed by atoms with Gasteiger partial charge in [0.05, 0.1) is 0 Å². The molecule has 1 fully saturated rings. The van der Waals surface area contributed by atoms with Crippen molar-refractivity contribution < 1.29 is 4.39 Å². The Kier molecular flexibility index (Phi) is 1.90. The fourth-order valence-corrected chi connectivity index (χ4v) is 3.31. The molecule has 2 aliphatic carbocycles. The lowest BCUT2D eigenvalue weighted by Gasteiger charge is -2.39. The van der Waals surface area contributed by atoms with Crippen LogP contribution in [0, 0.1) is 5.82 Å². The molecule has 0 aliphatic heterocycles. The van der Waals surface area contributed by atoms with E-state index < -0.39 is 0 Å². The summed E-state index contributed by atoms with van der Waals surface area (Å²) in [5.74, 6) is 0.00458. The minimum atomic E-state index is 0.00458. The smallest absolute Gasteiger partial charge is 0.127 e. The molecule has 0 aromatic heterocycles. The molecule has 1 aromatic rings. The predicted molar refractivity (Wildman–Crippen MR) is 58.3 cm³/mol. The Morgan fingerprint density at radius 3 is 2.80 bits per heavy atom. The first kappa shape index (κ1) is 9.34. The highest BCUT2D eigenvalue weighted by molar-refractivity contribution is 5.44. The maximum absolute atomic E-state index is 13.9. The molecule has 0 saturated heterocycles. The van der Waals surface area contributed by atoms with Crippen LogP contribution in [-0.2, 0) is 5.41 Å². The van der Waals surface area contributed by atoms with Gasteiger partial charge in [0.1, 0.15) is 5.82 Å². The number of hydrogen-bond donors (Lipinski definition) is 1. The number of halogens is 1. The van der Waals surface area contributed by atoms with Crippen LogP contribution in [-0.4, -0.2) is 7.05 Å². The highest BCUT2D eigenvalue weighted by Gasteiger charge is 2.48. The predicted octanol–water partition coefficient (Wildman–Crippen LogP) is 2.91. The van der Waals surface area contributed by atoms with E-state index in [-0.39, 0.29) is 11.2 Å². The van der Waals surface area contributed by atoms with Crippen molar-refractivity contribution >= 4 is 0 Å². The van der Waals surface area contributed by atoms with Gasteiger partial charge in [0.15, 0.2) is 0 Å². The van der Waals surface area contributed by atoms with Crippen LogP contribution in [0.5, 0.6) is 0 Å². The molecule has 0 radical (unpaired) electrons. The summed E-state index contributed by atoms with van der Waals surface area (Å²) >= 11 is 0. The van der Waals surface area contributed by atoms with Crippen LogP contribution in [0.3, 0.4) is 0 Å². The van der Waals surface area contributed by atoms with Gasteiger partial charge in [0.2, 0.25) is 0 Å². The second kappa shape index (κ2) is 3.05. The zero-order valence-corrected chi connectivity index (χ0v) is 9.02. The van der Waals surface area contributed by atoms with Crippen molar-refractivity contribution in [2.24, 2.45) is 0 Å². The van der Waals surface area contributed by atoms with Gasteiger partial charge in [-0.1, -0.05) is 18.6 Å². The molecule has 1 N–H and O–H groups in total. The van der Waals surface area contributed by atoms with Crippen LogP contribution in [0.4, 0.5) is 4.39 Å². The van der Waals surface area contributed by atoms with Gasteiger partial charge in [-0.2, -0.15) is 0 Å². The first-order valence-electron chi connectivity index (χ1n) is 5.73. The Morgan fingerprint density at radius 2 is 2.20 bits per heavy atom. The van der Waals surface area contributed by atoms with Crippen LogP contribution < -0.4 is 5.32 Å². The first-order chi connectivity index (χ1) is 7.27. The van der Waals surface area contributed by atoms with Crippen LogP contribution in [0.1, 0.15) is 42.9 Å². The molecule has 1 nitrogen and oxygen atoms in total. The Morgan fingerprint density at radius 1 is 1.40 bits per heavy atom. The SMILES string of the molecule is CNC1CC2(CCC2)c2c(F)cccc21. The van der Waals surface area contributed by atoms with E-state index >= 15 is 0 Å². The molecule has 1 saturated carbocycles. The normalized spacial score (nSPS) is 26.4. The molecule has 1 atom stereocenters. The Labute approximate surface area is 89.7 Å². The lowest BCUT2D eigenvalue weighted by molar-refractivity contribution is 0.221. The van der Waals surface area contributed by atoms with Gasteiger partial charge in [-0.3, -0.25) is 0 Å². The van der Waals surface area contributed by atoms with Crippen LogP contribution in [0.15, 0.2) is 18.2 Å². The van der Waals surface area contributed by atoms with Gasteiger partial charge in [-0.15, -0.1) is 0 Å². The fourth-order valence-electron chi connectivity index (χ4n) is 3.31. The third-order valence-corrected chi connectivity index (χ3v) is 4.21. The van der Waals surface area contributed by atoms with E-state index in [0.29, 0.717) is 6.04 Å². The van der Waals surface area contributed by atoms with Gasteiger partial charge in [0, 0.05) is 11.5 Å². The van der Waals surface area contributed by atoms with E-state index in [9.17, 15) is 4.39 Å². The van der Waals surface area contributed by atoms with Gasteiger partial charge in [-0.05, 0) is 43.5 Å². The third-order valence-electron chi connectivity index (χ3n) is 4.21. The molecule has 1 unspecified atom stereocenters. The van der Waals surface area contributed by atoms with Crippen molar-refractivity contribution in [1.82, 2.24) is 5.32 Å². The average Bonchev–Trinajstić information content (AvgIpc) is 2.53. The third kappa shape index (κ3) is 1.11. The van der Waals surface area contributed by atoms with Crippen molar-refractivity contribution in [2.45, 2.75) is 37.1 Å². The zero-order valence-electron chi connectivity index (χ0n) is 9.02. The van der Waals surface area contributed by atoms with Crippen molar-refractivity contribution in [3.63, 3.8) is 0 Å². The van der Waals surface area contributed by atoms with E-state index in [1.54, 1.807) is 6.07 Å². The van der Waals surface area contributed by atoms with Crippen molar-refractivity contribution in [2.75, 3.05) is 7.05 Å². The molecule has 1 aromatic carbocycles. The molecule has 0 bridgehead atoms. The van der Waals surface area contributed by atoms with Gasteiger partial charge in [-0.25, -0.2) is 4.39 Å². The van der Waals surface area contributed by atoms with E-state index in [1.165, 1.54) is 24.8 Å². The maximum Gasteiger partial charge on any atom is 0.127 e. The maximum atomic E-state index is 13.9.